The van der Waals surface area contributed by atoms with E-state index in [-0.39, 0.29) is 11.9 Å². The molecule has 27 heavy (non-hydrogen) atoms. The molecule has 0 radical (unpaired) electrons. The molecule has 1 N–H and O–H groups in total. The summed E-state index contributed by atoms with van der Waals surface area (Å²) < 4.78 is 40.3. The Bertz CT molecular complexity index is 951. The molecule has 3 rings (SSSR count). The van der Waals surface area contributed by atoms with E-state index >= 15 is 0 Å². The van der Waals surface area contributed by atoms with Gasteiger partial charge < -0.3 is 5.32 Å². The number of carbonyl (C=O) groups is 1. The normalized spacial score (nSPS) is 12.6. The Hall–Kier alpha value is -3.16. The molecule has 5 nitrogen and oxygen atoms in total. The van der Waals surface area contributed by atoms with Crippen molar-refractivity contribution in [2.45, 2.75) is 26.1 Å². The number of rotatable bonds is 4. The minimum Gasteiger partial charge on any atom is -0.345 e. The van der Waals surface area contributed by atoms with Gasteiger partial charge in [0.25, 0.3) is 5.91 Å². The molecule has 0 bridgehead atoms. The molecular weight excluding hydrogens is 357 g/mol. The number of aromatic nitrogens is 3. The lowest BCUT2D eigenvalue weighted by atomic mass is 10.1. The predicted octanol–water partition coefficient (Wildman–Crippen LogP) is 4.09. The quantitative estimate of drug-likeness (QED) is 0.748. The Morgan fingerprint density at radius 2 is 1.89 bits per heavy atom. The number of alkyl halides is 3. The smallest absolute Gasteiger partial charge is 0.345 e. The van der Waals surface area contributed by atoms with Crippen LogP contribution >= 0.6 is 0 Å². The predicted molar refractivity (Wildman–Crippen MR) is 93.4 cm³/mol. The standard InChI is InChI=1S/C19H17F3N4O/c1-12(25-18(27)14-6-8-23-9-7-14)17-11-24-26(13(17)2)16-5-3-4-15(10-16)19(20,21)22/h3-12H,1-2H3,(H,25,27). The molecule has 1 unspecified atom stereocenters. The first-order valence-corrected chi connectivity index (χ1v) is 8.20. The van der Waals surface area contributed by atoms with Gasteiger partial charge in [-0.3, -0.25) is 9.78 Å². The van der Waals surface area contributed by atoms with E-state index in [0.29, 0.717) is 16.9 Å². The highest BCUT2D eigenvalue weighted by Gasteiger charge is 2.30. The van der Waals surface area contributed by atoms with Crippen LogP contribution in [-0.4, -0.2) is 20.7 Å². The number of pyridine rings is 1. The van der Waals surface area contributed by atoms with Crippen molar-refractivity contribution in [1.82, 2.24) is 20.1 Å². The Labute approximate surface area is 153 Å². The fraction of sp³-hybridized carbons (Fsp3) is 0.211. The first kappa shape index (κ1) is 18.6. The van der Waals surface area contributed by atoms with Gasteiger partial charge >= 0.3 is 6.18 Å². The van der Waals surface area contributed by atoms with Gasteiger partial charge in [-0.1, -0.05) is 6.07 Å². The molecule has 1 atom stereocenters. The van der Waals surface area contributed by atoms with Gasteiger partial charge in [0.2, 0.25) is 0 Å². The van der Waals surface area contributed by atoms with Crippen LogP contribution < -0.4 is 5.32 Å². The number of benzene rings is 1. The van der Waals surface area contributed by atoms with Crippen molar-refractivity contribution >= 4 is 5.91 Å². The number of carbonyl (C=O) groups excluding carboxylic acids is 1. The Morgan fingerprint density at radius 3 is 2.56 bits per heavy atom. The van der Waals surface area contributed by atoms with Gasteiger partial charge in [-0.05, 0) is 44.2 Å². The zero-order valence-corrected chi connectivity index (χ0v) is 14.7. The number of hydrogen-bond donors (Lipinski definition) is 1. The van der Waals surface area contributed by atoms with E-state index in [1.54, 1.807) is 38.2 Å². The van der Waals surface area contributed by atoms with Crippen LogP contribution in [-0.2, 0) is 6.18 Å². The van der Waals surface area contributed by atoms with E-state index < -0.39 is 11.7 Å². The first-order valence-electron chi connectivity index (χ1n) is 8.20. The van der Waals surface area contributed by atoms with Crippen molar-refractivity contribution in [2.24, 2.45) is 0 Å². The molecule has 1 amide bonds. The van der Waals surface area contributed by atoms with E-state index in [0.717, 1.165) is 17.7 Å². The van der Waals surface area contributed by atoms with E-state index in [2.05, 4.69) is 15.4 Å². The molecule has 140 valence electrons. The summed E-state index contributed by atoms with van der Waals surface area (Å²) in [5.41, 5.74) is 1.41. The van der Waals surface area contributed by atoms with Crippen LogP contribution in [0.2, 0.25) is 0 Å². The third-order valence-corrected chi connectivity index (χ3v) is 4.22. The summed E-state index contributed by atoms with van der Waals surface area (Å²) in [4.78, 5) is 16.1. The third-order valence-electron chi connectivity index (χ3n) is 4.22. The summed E-state index contributed by atoms with van der Waals surface area (Å²) in [5.74, 6) is -0.267. The van der Waals surface area contributed by atoms with Crippen molar-refractivity contribution in [2.75, 3.05) is 0 Å². The zero-order valence-electron chi connectivity index (χ0n) is 14.7. The van der Waals surface area contributed by atoms with Gasteiger partial charge in [0.15, 0.2) is 0 Å². The Morgan fingerprint density at radius 1 is 1.19 bits per heavy atom. The molecule has 1 aromatic carbocycles. The number of nitrogens with zero attached hydrogens (tertiary/aromatic N) is 3. The summed E-state index contributed by atoms with van der Waals surface area (Å²) in [7, 11) is 0. The number of hydrogen-bond acceptors (Lipinski definition) is 3. The van der Waals surface area contributed by atoms with Gasteiger partial charge in [0, 0.05) is 29.2 Å². The van der Waals surface area contributed by atoms with Crippen molar-refractivity contribution in [3.63, 3.8) is 0 Å². The highest BCUT2D eigenvalue weighted by Crippen LogP contribution is 2.31. The van der Waals surface area contributed by atoms with Crippen molar-refractivity contribution in [3.05, 3.63) is 77.4 Å². The van der Waals surface area contributed by atoms with Crippen LogP contribution in [0.25, 0.3) is 5.69 Å². The number of nitrogens with one attached hydrogen (secondary N) is 1. The molecule has 0 saturated carbocycles. The monoisotopic (exact) mass is 374 g/mol. The van der Waals surface area contributed by atoms with Crippen molar-refractivity contribution in [3.8, 4) is 5.69 Å². The zero-order chi connectivity index (χ0) is 19.6. The number of halogens is 3. The Balaban J connectivity index is 1.84. The van der Waals surface area contributed by atoms with Crippen LogP contribution in [0.5, 0.6) is 0 Å². The molecule has 0 aliphatic carbocycles. The molecule has 0 saturated heterocycles. The molecule has 2 heterocycles. The highest BCUT2D eigenvalue weighted by molar-refractivity contribution is 5.94. The second kappa shape index (κ2) is 7.22. The second-order valence-corrected chi connectivity index (χ2v) is 6.08. The topological polar surface area (TPSA) is 59.8 Å². The van der Waals surface area contributed by atoms with Crippen LogP contribution in [0.1, 0.15) is 40.1 Å². The molecule has 8 heteroatoms. The van der Waals surface area contributed by atoms with Gasteiger partial charge in [-0.25, -0.2) is 4.68 Å². The van der Waals surface area contributed by atoms with Crippen LogP contribution in [0.15, 0.2) is 55.0 Å². The minimum atomic E-state index is -4.42. The van der Waals surface area contributed by atoms with Crippen molar-refractivity contribution in [1.29, 1.82) is 0 Å². The lowest BCUT2D eigenvalue weighted by Crippen LogP contribution is -2.26. The Kier molecular flexibility index (Phi) is 4.98. The van der Waals surface area contributed by atoms with Gasteiger partial charge in [-0.15, -0.1) is 0 Å². The summed E-state index contributed by atoms with van der Waals surface area (Å²) in [6.07, 6.45) is 0.172. The summed E-state index contributed by atoms with van der Waals surface area (Å²) in [5, 5.41) is 7.05. The lowest BCUT2D eigenvalue weighted by Gasteiger charge is -2.14. The third kappa shape index (κ3) is 3.99. The average molecular weight is 374 g/mol. The SMILES string of the molecule is Cc1c(C(C)NC(=O)c2ccncc2)cnn1-c1cccc(C(F)(F)F)c1. The molecule has 0 fully saturated rings. The maximum Gasteiger partial charge on any atom is 0.416 e. The largest absolute Gasteiger partial charge is 0.416 e. The van der Waals surface area contributed by atoms with Crippen molar-refractivity contribution < 1.29 is 18.0 Å². The number of amides is 1. The van der Waals surface area contributed by atoms with Gasteiger partial charge in [0.1, 0.15) is 0 Å². The molecular formula is C19H17F3N4O. The molecule has 0 aliphatic heterocycles. The molecule has 2 aromatic heterocycles. The fourth-order valence-electron chi connectivity index (χ4n) is 2.78. The molecule has 0 aliphatic rings. The summed E-state index contributed by atoms with van der Waals surface area (Å²) in [6, 6.07) is 7.78. The van der Waals surface area contributed by atoms with Crippen LogP contribution in [0, 0.1) is 6.92 Å². The minimum absolute atomic E-state index is 0.267. The fourth-order valence-corrected chi connectivity index (χ4v) is 2.78. The molecule has 0 spiro atoms. The highest BCUT2D eigenvalue weighted by atomic mass is 19.4. The summed E-state index contributed by atoms with van der Waals surface area (Å²) >= 11 is 0. The molecule has 3 aromatic rings. The van der Waals surface area contributed by atoms with Gasteiger partial charge in [0.05, 0.1) is 23.5 Å². The van der Waals surface area contributed by atoms with E-state index in [1.807, 2.05) is 0 Å². The maximum atomic E-state index is 12.9. The van der Waals surface area contributed by atoms with E-state index in [1.165, 1.54) is 23.1 Å². The van der Waals surface area contributed by atoms with Crippen LogP contribution in [0.4, 0.5) is 13.2 Å². The lowest BCUT2D eigenvalue weighted by molar-refractivity contribution is -0.137. The van der Waals surface area contributed by atoms with E-state index in [4.69, 9.17) is 0 Å². The maximum absolute atomic E-state index is 12.9. The average Bonchev–Trinajstić information content (AvgIpc) is 3.03. The van der Waals surface area contributed by atoms with Gasteiger partial charge in [-0.2, -0.15) is 18.3 Å². The van der Waals surface area contributed by atoms with E-state index in [9.17, 15) is 18.0 Å². The summed E-state index contributed by atoms with van der Waals surface area (Å²) in [6.45, 7) is 3.54. The second-order valence-electron chi connectivity index (χ2n) is 6.08. The first-order chi connectivity index (χ1) is 12.8. The van der Waals surface area contributed by atoms with Crippen LogP contribution in [0.3, 0.4) is 0 Å².